The van der Waals surface area contributed by atoms with Gasteiger partial charge < -0.3 is 24.4 Å². The zero-order valence-corrected chi connectivity index (χ0v) is 11.7. The van der Waals surface area contributed by atoms with Crippen LogP contribution in [0.2, 0.25) is 0 Å². The molecule has 0 aliphatic carbocycles. The first kappa shape index (κ1) is 15.9. The van der Waals surface area contributed by atoms with Gasteiger partial charge >= 0.3 is 5.97 Å². The molecule has 116 valence electrons. The van der Waals surface area contributed by atoms with E-state index in [-0.39, 0.29) is 13.0 Å². The van der Waals surface area contributed by atoms with Gasteiger partial charge in [-0.3, -0.25) is 0 Å². The van der Waals surface area contributed by atoms with Crippen molar-refractivity contribution in [1.82, 2.24) is 0 Å². The van der Waals surface area contributed by atoms with Crippen LogP contribution in [0.5, 0.6) is 0 Å². The minimum atomic E-state index is -1.61. The van der Waals surface area contributed by atoms with Crippen LogP contribution in [-0.2, 0) is 25.6 Å². The van der Waals surface area contributed by atoms with Gasteiger partial charge in [0.2, 0.25) is 0 Å². The number of benzene rings is 1. The van der Waals surface area contributed by atoms with E-state index in [4.69, 9.17) is 14.2 Å². The summed E-state index contributed by atoms with van der Waals surface area (Å²) in [6.45, 7) is 1.15. The lowest BCUT2D eigenvalue weighted by Crippen LogP contribution is -2.39. The Hall–Kier alpha value is -1.47. The molecule has 1 aromatic rings. The maximum absolute atomic E-state index is 11.7. The van der Waals surface area contributed by atoms with Crippen LogP contribution in [0.25, 0.3) is 0 Å². The molecule has 0 unspecified atom stereocenters. The molecule has 2 atom stereocenters. The summed E-state index contributed by atoms with van der Waals surface area (Å²) in [5, 5.41) is 19.6. The summed E-state index contributed by atoms with van der Waals surface area (Å²) >= 11 is 0. The molecule has 1 aromatic carbocycles. The molecular weight excluding hydrogens is 276 g/mol. The molecule has 1 fully saturated rings. The lowest BCUT2D eigenvalue weighted by molar-refractivity contribution is -0.200. The number of aliphatic hydroxyl groups is 2. The zero-order chi connectivity index (χ0) is 15.1. The molecule has 1 saturated heterocycles. The predicted octanol–water partition coefficient (Wildman–Crippen LogP) is 0.605. The topological polar surface area (TPSA) is 85.2 Å². The van der Waals surface area contributed by atoms with Gasteiger partial charge in [0, 0.05) is 6.42 Å². The fourth-order valence-electron chi connectivity index (χ4n) is 1.97. The Morgan fingerprint density at radius 3 is 2.57 bits per heavy atom. The molecule has 0 amide bonds. The van der Waals surface area contributed by atoms with Crippen molar-refractivity contribution in [3.8, 4) is 0 Å². The average molecular weight is 296 g/mol. The van der Waals surface area contributed by atoms with Gasteiger partial charge in [-0.05, 0) is 12.0 Å². The third-order valence-corrected chi connectivity index (χ3v) is 3.16. The maximum Gasteiger partial charge on any atom is 0.338 e. The normalized spacial score (nSPS) is 19.0. The quantitative estimate of drug-likeness (QED) is 0.748. The lowest BCUT2D eigenvalue weighted by atomic mass is 10.1. The van der Waals surface area contributed by atoms with E-state index >= 15 is 0 Å². The number of carbonyl (C=O) groups excluding carboxylic acids is 1. The highest BCUT2D eigenvalue weighted by Crippen LogP contribution is 2.14. The predicted molar refractivity (Wildman–Crippen MR) is 73.2 cm³/mol. The molecular formula is C15H20O6. The van der Waals surface area contributed by atoms with E-state index in [0.29, 0.717) is 13.2 Å². The summed E-state index contributed by atoms with van der Waals surface area (Å²) in [6, 6.07) is 9.12. The van der Waals surface area contributed by atoms with Crippen molar-refractivity contribution in [3.63, 3.8) is 0 Å². The maximum atomic E-state index is 11.7. The number of hydrogen-bond acceptors (Lipinski definition) is 6. The van der Waals surface area contributed by atoms with E-state index in [1.807, 2.05) is 18.2 Å². The highest BCUT2D eigenvalue weighted by Gasteiger charge is 2.29. The third-order valence-electron chi connectivity index (χ3n) is 3.16. The SMILES string of the molecule is O=C(OCc1ccccc1)[C@H](O)[C@@H](O)CC1OCCCO1. The van der Waals surface area contributed by atoms with Gasteiger partial charge in [0.25, 0.3) is 0 Å². The molecule has 0 aromatic heterocycles. The standard InChI is InChI=1S/C15H20O6/c16-12(9-13-19-7-4-8-20-13)14(17)15(18)21-10-11-5-2-1-3-6-11/h1-3,5-6,12-14,16-17H,4,7-10H2/t12-,14+/m0/s1. The van der Waals surface area contributed by atoms with Crippen LogP contribution in [0, 0.1) is 0 Å². The Balaban J connectivity index is 1.75. The summed E-state index contributed by atoms with van der Waals surface area (Å²) in [5.41, 5.74) is 0.812. The summed E-state index contributed by atoms with van der Waals surface area (Å²) < 4.78 is 15.5. The molecule has 1 aliphatic heterocycles. The van der Waals surface area contributed by atoms with Gasteiger partial charge in [-0.25, -0.2) is 4.79 Å². The lowest BCUT2D eigenvalue weighted by Gasteiger charge is -2.26. The Labute approximate surface area is 123 Å². The summed E-state index contributed by atoms with van der Waals surface area (Å²) in [4.78, 5) is 11.7. The minimum Gasteiger partial charge on any atom is -0.459 e. The Kier molecular flexibility index (Phi) is 6.13. The second-order valence-electron chi connectivity index (χ2n) is 4.87. The Morgan fingerprint density at radius 2 is 1.90 bits per heavy atom. The van der Waals surface area contributed by atoms with E-state index in [9.17, 15) is 15.0 Å². The molecule has 6 nitrogen and oxygen atoms in total. The van der Waals surface area contributed by atoms with Crippen molar-refractivity contribution in [2.75, 3.05) is 13.2 Å². The van der Waals surface area contributed by atoms with Crippen molar-refractivity contribution < 1.29 is 29.2 Å². The highest BCUT2D eigenvalue weighted by molar-refractivity contribution is 5.75. The van der Waals surface area contributed by atoms with Crippen molar-refractivity contribution in [3.05, 3.63) is 35.9 Å². The van der Waals surface area contributed by atoms with Crippen molar-refractivity contribution in [1.29, 1.82) is 0 Å². The number of aliphatic hydroxyl groups excluding tert-OH is 2. The second kappa shape index (κ2) is 8.09. The van der Waals surface area contributed by atoms with E-state index in [1.54, 1.807) is 12.1 Å². The molecule has 1 heterocycles. The highest BCUT2D eigenvalue weighted by atomic mass is 16.7. The average Bonchev–Trinajstić information content (AvgIpc) is 2.53. The number of esters is 1. The summed E-state index contributed by atoms with van der Waals surface area (Å²) in [6.07, 6.45) is -2.65. The van der Waals surface area contributed by atoms with Crippen LogP contribution in [0.3, 0.4) is 0 Å². The van der Waals surface area contributed by atoms with Gasteiger partial charge in [0.15, 0.2) is 12.4 Å². The smallest absolute Gasteiger partial charge is 0.338 e. The van der Waals surface area contributed by atoms with E-state index in [1.165, 1.54) is 0 Å². The van der Waals surface area contributed by atoms with Gasteiger partial charge in [-0.15, -0.1) is 0 Å². The molecule has 21 heavy (non-hydrogen) atoms. The number of rotatable bonds is 6. The van der Waals surface area contributed by atoms with Gasteiger partial charge in [-0.1, -0.05) is 30.3 Å². The molecule has 0 saturated carbocycles. The first-order valence-electron chi connectivity index (χ1n) is 6.96. The Bertz CT molecular complexity index is 429. The zero-order valence-electron chi connectivity index (χ0n) is 11.7. The van der Waals surface area contributed by atoms with Gasteiger partial charge in [0.05, 0.1) is 19.3 Å². The molecule has 0 radical (unpaired) electrons. The van der Waals surface area contributed by atoms with Crippen molar-refractivity contribution >= 4 is 5.97 Å². The fraction of sp³-hybridized carbons (Fsp3) is 0.533. The van der Waals surface area contributed by atoms with Crippen LogP contribution in [-0.4, -0.2) is 47.9 Å². The van der Waals surface area contributed by atoms with Crippen LogP contribution in [0.15, 0.2) is 30.3 Å². The Morgan fingerprint density at radius 1 is 1.24 bits per heavy atom. The van der Waals surface area contributed by atoms with Crippen LogP contribution >= 0.6 is 0 Å². The van der Waals surface area contributed by atoms with E-state index < -0.39 is 24.5 Å². The largest absolute Gasteiger partial charge is 0.459 e. The summed E-state index contributed by atoms with van der Waals surface area (Å²) in [5.74, 6) is -0.859. The van der Waals surface area contributed by atoms with E-state index in [0.717, 1.165) is 12.0 Å². The number of ether oxygens (including phenoxy) is 3. The minimum absolute atomic E-state index is 0.0294. The molecule has 1 aliphatic rings. The van der Waals surface area contributed by atoms with Crippen LogP contribution < -0.4 is 0 Å². The monoisotopic (exact) mass is 296 g/mol. The summed E-state index contributed by atoms with van der Waals surface area (Å²) in [7, 11) is 0. The molecule has 2 N–H and O–H groups in total. The van der Waals surface area contributed by atoms with Crippen molar-refractivity contribution in [2.24, 2.45) is 0 Å². The molecule has 2 rings (SSSR count). The first-order chi connectivity index (χ1) is 10.2. The van der Waals surface area contributed by atoms with Crippen molar-refractivity contribution in [2.45, 2.75) is 37.9 Å². The third kappa shape index (κ3) is 5.09. The molecule has 0 bridgehead atoms. The first-order valence-corrected chi connectivity index (χ1v) is 6.96. The second-order valence-corrected chi connectivity index (χ2v) is 4.87. The number of hydrogen-bond donors (Lipinski definition) is 2. The molecule has 6 heteroatoms. The van der Waals surface area contributed by atoms with Crippen LogP contribution in [0.4, 0.5) is 0 Å². The van der Waals surface area contributed by atoms with Gasteiger partial charge in [-0.2, -0.15) is 0 Å². The number of carbonyl (C=O) groups is 1. The molecule has 0 spiro atoms. The fourth-order valence-corrected chi connectivity index (χ4v) is 1.97. The van der Waals surface area contributed by atoms with Gasteiger partial charge in [0.1, 0.15) is 6.61 Å². The van der Waals surface area contributed by atoms with E-state index in [2.05, 4.69) is 0 Å². The van der Waals surface area contributed by atoms with Crippen LogP contribution in [0.1, 0.15) is 18.4 Å².